The maximum Gasteiger partial charge on any atom is 0.230 e. The average molecular weight is 342 g/mol. The Morgan fingerprint density at radius 2 is 1.96 bits per heavy atom. The Balaban J connectivity index is 1.69. The van der Waals surface area contributed by atoms with Crippen molar-refractivity contribution in [2.45, 2.75) is 38.1 Å². The van der Waals surface area contributed by atoms with Gasteiger partial charge >= 0.3 is 0 Å². The van der Waals surface area contributed by atoms with Gasteiger partial charge in [-0.05, 0) is 38.8 Å². The van der Waals surface area contributed by atoms with E-state index in [0.717, 1.165) is 19.4 Å². The molecule has 1 aromatic heterocycles. The van der Waals surface area contributed by atoms with Crippen molar-refractivity contribution in [3.05, 3.63) is 54.1 Å². The number of carbonyl (C=O) groups excluding carboxylic acids is 1. The number of anilines is 1. The highest BCUT2D eigenvalue weighted by atomic mass is 19.1. The molecular formula is C19H23FN4O. The fourth-order valence-electron chi connectivity index (χ4n) is 3.19. The molecule has 1 amide bonds. The van der Waals surface area contributed by atoms with E-state index in [1.807, 2.05) is 0 Å². The monoisotopic (exact) mass is 342 g/mol. The van der Waals surface area contributed by atoms with E-state index >= 15 is 0 Å². The molecule has 0 spiro atoms. The summed E-state index contributed by atoms with van der Waals surface area (Å²) < 4.78 is 14.1. The van der Waals surface area contributed by atoms with Crippen LogP contribution in [0.2, 0.25) is 0 Å². The van der Waals surface area contributed by atoms with Crippen LogP contribution in [0.15, 0.2) is 42.7 Å². The van der Waals surface area contributed by atoms with E-state index in [1.165, 1.54) is 6.07 Å². The molecule has 0 bridgehead atoms. The first-order valence-corrected chi connectivity index (χ1v) is 8.56. The highest BCUT2D eigenvalue weighted by Crippen LogP contribution is 2.26. The number of amides is 1. The lowest BCUT2D eigenvalue weighted by Gasteiger charge is -2.35. The summed E-state index contributed by atoms with van der Waals surface area (Å²) in [5.74, 6) is 0.152. The van der Waals surface area contributed by atoms with Crippen LogP contribution in [0, 0.1) is 5.82 Å². The molecule has 1 fully saturated rings. The minimum Gasteiger partial charge on any atom is -0.351 e. The number of benzene rings is 1. The average Bonchev–Trinajstić information content (AvgIpc) is 2.63. The molecule has 1 aromatic carbocycles. The third-order valence-corrected chi connectivity index (χ3v) is 4.71. The van der Waals surface area contributed by atoms with E-state index < -0.39 is 5.41 Å². The third-order valence-electron chi connectivity index (χ3n) is 4.71. The number of hydrogen-bond acceptors (Lipinski definition) is 4. The zero-order valence-corrected chi connectivity index (χ0v) is 14.6. The lowest BCUT2D eigenvalue weighted by molar-refractivity contribution is -0.126. The van der Waals surface area contributed by atoms with Crippen molar-refractivity contribution in [1.82, 2.24) is 15.3 Å². The van der Waals surface area contributed by atoms with Crippen LogP contribution in [0.4, 0.5) is 10.3 Å². The molecule has 132 valence electrons. The van der Waals surface area contributed by atoms with Crippen LogP contribution in [-0.2, 0) is 10.2 Å². The molecule has 1 N–H and O–H groups in total. The van der Waals surface area contributed by atoms with Crippen molar-refractivity contribution in [2.75, 3.05) is 18.0 Å². The van der Waals surface area contributed by atoms with E-state index in [9.17, 15) is 9.18 Å². The quantitative estimate of drug-likeness (QED) is 0.928. The molecule has 2 aromatic rings. The normalized spacial score (nSPS) is 18.0. The van der Waals surface area contributed by atoms with Gasteiger partial charge < -0.3 is 10.2 Å². The molecule has 1 atom stereocenters. The van der Waals surface area contributed by atoms with E-state index in [4.69, 9.17) is 0 Å². The minimum absolute atomic E-state index is 0.00361. The molecule has 1 aliphatic rings. The lowest BCUT2D eigenvalue weighted by Crippen LogP contribution is -2.52. The summed E-state index contributed by atoms with van der Waals surface area (Å²) in [5, 5.41) is 3.08. The molecule has 0 radical (unpaired) electrons. The predicted molar refractivity (Wildman–Crippen MR) is 94.8 cm³/mol. The number of nitrogens with zero attached hydrogens (tertiary/aromatic N) is 3. The van der Waals surface area contributed by atoms with Gasteiger partial charge in [-0.2, -0.15) is 0 Å². The van der Waals surface area contributed by atoms with Gasteiger partial charge in [-0.1, -0.05) is 18.2 Å². The second-order valence-electron chi connectivity index (χ2n) is 6.91. The topological polar surface area (TPSA) is 58.1 Å². The fourth-order valence-corrected chi connectivity index (χ4v) is 3.19. The summed E-state index contributed by atoms with van der Waals surface area (Å²) in [6.45, 7) is 5.03. The van der Waals surface area contributed by atoms with Crippen LogP contribution in [0.3, 0.4) is 0 Å². The minimum atomic E-state index is -0.934. The van der Waals surface area contributed by atoms with Crippen LogP contribution >= 0.6 is 0 Å². The molecule has 25 heavy (non-hydrogen) atoms. The Hall–Kier alpha value is -2.50. The molecule has 0 unspecified atom stereocenters. The van der Waals surface area contributed by atoms with Gasteiger partial charge in [0.1, 0.15) is 5.82 Å². The second-order valence-corrected chi connectivity index (χ2v) is 6.91. The summed E-state index contributed by atoms with van der Waals surface area (Å²) in [6, 6.07) is 8.22. The fraction of sp³-hybridized carbons (Fsp3) is 0.421. The zero-order valence-electron chi connectivity index (χ0n) is 14.6. The van der Waals surface area contributed by atoms with E-state index in [-0.39, 0.29) is 17.8 Å². The Bertz CT molecular complexity index is 735. The van der Waals surface area contributed by atoms with Crippen molar-refractivity contribution in [2.24, 2.45) is 0 Å². The third kappa shape index (κ3) is 3.78. The number of hydrogen-bond donors (Lipinski definition) is 1. The highest BCUT2D eigenvalue weighted by Gasteiger charge is 2.34. The largest absolute Gasteiger partial charge is 0.351 e. The molecular weight excluding hydrogens is 319 g/mol. The molecule has 0 saturated carbocycles. The Morgan fingerprint density at radius 1 is 1.24 bits per heavy atom. The van der Waals surface area contributed by atoms with Crippen LogP contribution in [-0.4, -0.2) is 35.0 Å². The van der Waals surface area contributed by atoms with Gasteiger partial charge in [0.05, 0.1) is 5.41 Å². The summed E-state index contributed by atoms with van der Waals surface area (Å²) in [4.78, 5) is 23.4. The van der Waals surface area contributed by atoms with Crippen molar-refractivity contribution in [1.29, 1.82) is 0 Å². The number of aromatic nitrogens is 2. The summed E-state index contributed by atoms with van der Waals surface area (Å²) in [7, 11) is 0. The van der Waals surface area contributed by atoms with Gasteiger partial charge in [-0.3, -0.25) is 4.79 Å². The molecule has 1 saturated heterocycles. The molecule has 1 aliphatic heterocycles. The first-order valence-electron chi connectivity index (χ1n) is 8.56. The van der Waals surface area contributed by atoms with Gasteiger partial charge in [0, 0.05) is 37.1 Å². The first kappa shape index (κ1) is 17.3. The Kier molecular flexibility index (Phi) is 4.97. The van der Waals surface area contributed by atoms with Gasteiger partial charge in [0.2, 0.25) is 11.9 Å². The maximum absolute atomic E-state index is 14.1. The second kappa shape index (κ2) is 7.17. The van der Waals surface area contributed by atoms with Crippen molar-refractivity contribution < 1.29 is 9.18 Å². The number of rotatable bonds is 4. The van der Waals surface area contributed by atoms with Crippen LogP contribution in [0.25, 0.3) is 0 Å². The van der Waals surface area contributed by atoms with Crippen LogP contribution in [0.1, 0.15) is 32.3 Å². The van der Waals surface area contributed by atoms with Crippen molar-refractivity contribution in [3.63, 3.8) is 0 Å². The smallest absolute Gasteiger partial charge is 0.230 e. The number of nitrogens with one attached hydrogen (secondary N) is 1. The molecule has 3 rings (SSSR count). The van der Waals surface area contributed by atoms with Crippen LogP contribution in [0.5, 0.6) is 0 Å². The number of halogens is 1. The summed E-state index contributed by atoms with van der Waals surface area (Å²) in [5.41, 5.74) is -0.525. The number of carbonyl (C=O) groups is 1. The molecule has 5 nitrogen and oxygen atoms in total. The molecule has 0 aliphatic carbocycles. The SMILES string of the molecule is CC(C)(C(=O)N[C@H]1CCCN(c2ncccn2)C1)c1ccccc1F. The van der Waals surface area contributed by atoms with E-state index in [0.29, 0.717) is 18.1 Å². The highest BCUT2D eigenvalue weighted by molar-refractivity contribution is 5.87. The molecule has 6 heteroatoms. The van der Waals surface area contributed by atoms with Gasteiger partial charge in [0.25, 0.3) is 0 Å². The zero-order chi connectivity index (χ0) is 17.9. The van der Waals surface area contributed by atoms with Gasteiger partial charge in [-0.25, -0.2) is 14.4 Å². The standard InChI is InChI=1S/C19H23FN4O/c1-19(2,15-8-3-4-9-16(15)20)17(25)23-14-7-5-12-24(13-14)18-21-10-6-11-22-18/h3-4,6,8-11,14H,5,7,12-13H2,1-2H3,(H,23,25)/t14-/m0/s1. The lowest BCUT2D eigenvalue weighted by atomic mass is 9.83. The van der Waals surface area contributed by atoms with Crippen molar-refractivity contribution in [3.8, 4) is 0 Å². The summed E-state index contributed by atoms with van der Waals surface area (Å²) >= 11 is 0. The first-order chi connectivity index (χ1) is 12.0. The van der Waals surface area contributed by atoms with Gasteiger partial charge in [-0.15, -0.1) is 0 Å². The maximum atomic E-state index is 14.1. The van der Waals surface area contributed by atoms with Crippen molar-refractivity contribution >= 4 is 11.9 Å². The Labute approximate surface area is 147 Å². The van der Waals surface area contributed by atoms with Gasteiger partial charge in [0.15, 0.2) is 0 Å². The Morgan fingerprint density at radius 3 is 2.68 bits per heavy atom. The summed E-state index contributed by atoms with van der Waals surface area (Å²) in [6.07, 6.45) is 5.27. The van der Waals surface area contributed by atoms with Crippen LogP contribution < -0.4 is 10.2 Å². The number of piperidine rings is 1. The molecule has 2 heterocycles. The van der Waals surface area contributed by atoms with E-state index in [1.54, 1.807) is 50.5 Å². The predicted octanol–water partition coefficient (Wildman–Crippen LogP) is 2.68. The van der Waals surface area contributed by atoms with E-state index in [2.05, 4.69) is 20.2 Å².